The van der Waals surface area contributed by atoms with E-state index in [1.54, 1.807) is 37.3 Å². The van der Waals surface area contributed by atoms with Crippen molar-refractivity contribution in [3.05, 3.63) is 93.5 Å². The maximum absolute atomic E-state index is 13.8. The number of carbonyl (C=O) groups is 2. The van der Waals surface area contributed by atoms with Crippen LogP contribution < -0.4 is 14.8 Å². The first-order valence-corrected chi connectivity index (χ1v) is 13.3. The highest BCUT2D eigenvalue weighted by molar-refractivity contribution is 6.36. The van der Waals surface area contributed by atoms with Crippen LogP contribution in [0.15, 0.2) is 66.7 Å². The van der Waals surface area contributed by atoms with Crippen LogP contribution in [0.1, 0.15) is 37.0 Å². The summed E-state index contributed by atoms with van der Waals surface area (Å²) in [4.78, 5) is 28.9. The Labute approximate surface area is 234 Å². The average molecular weight is 558 g/mol. The lowest BCUT2D eigenvalue weighted by Gasteiger charge is -2.32. The van der Waals surface area contributed by atoms with Gasteiger partial charge in [-0.3, -0.25) is 9.59 Å². The topological polar surface area (TPSA) is 67.9 Å². The minimum atomic E-state index is -0.759. The number of benzene rings is 3. The molecule has 1 unspecified atom stereocenters. The van der Waals surface area contributed by atoms with Gasteiger partial charge in [-0.15, -0.1) is 0 Å². The van der Waals surface area contributed by atoms with E-state index >= 15 is 0 Å². The van der Waals surface area contributed by atoms with Gasteiger partial charge in [0.1, 0.15) is 6.04 Å². The third-order valence-corrected chi connectivity index (χ3v) is 6.88. The summed E-state index contributed by atoms with van der Waals surface area (Å²) < 4.78 is 10.7. The summed E-state index contributed by atoms with van der Waals surface area (Å²) in [7, 11) is 3.15. The largest absolute Gasteiger partial charge is 0.493 e. The quantitative estimate of drug-likeness (QED) is 0.292. The van der Waals surface area contributed by atoms with E-state index in [9.17, 15) is 9.59 Å². The van der Waals surface area contributed by atoms with Crippen molar-refractivity contribution in [3.8, 4) is 11.5 Å². The summed E-state index contributed by atoms with van der Waals surface area (Å²) in [5.74, 6) is 0.795. The molecule has 3 rings (SSSR count). The summed E-state index contributed by atoms with van der Waals surface area (Å²) >= 11 is 13.0. The fraction of sp³-hybridized carbons (Fsp3) is 0.333. The van der Waals surface area contributed by atoms with E-state index in [4.69, 9.17) is 32.7 Å². The highest BCUT2D eigenvalue weighted by Gasteiger charge is 2.31. The third-order valence-electron chi connectivity index (χ3n) is 6.17. The van der Waals surface area contributed by atoms with Gasteiger partial charge in [-0.2, -0.15) is 0 Å². The Morgan fingerprint density at radius 1 is 0.868 bits per heavy atom. The van der Waals surface area contributed by atoms with Crippen LogP contribution in [0, 0.1) is 0 Å². The Bertz CT molecular complexity index is 1210. The molecule has 0 fully saturated rings. The normalized spacial score (nSPS) is 11.7. The number of hydrogen-bond acceptors (Lipinski definition) is 4. The molecule has 1 atom stereocenters. The fourth-order valence-electron chi connectivity index (χ4n) is 4.22. The Kier molecular flexibility index (Phi) is 10.9. The minimum Gasteiger partial charge on any atom is -0.493 e. The third kappa shape index (κ3) is 7.89. The van der Waals surface area contributed by atoms with Crippen LogP contribution in [-0.4, -0.2) is 43.0 Å². The molecular formula is C30H34Cl2N2O4. The molecule has 0 aliphatic heterocycles. The van der Waals surface area contributed by atoms with Crippen LogP contribution in [0.2, 0.25) is 10.0 Å². The lowest BCUT2D eigenvalue weighted by molar-refractivity contribution is -0.141. The van der Waals surface area contributed by atoms with Crippen LogP contribution in [0.25, 0.3) is 0 Å². The molecule has 0 radical (unpaired) electrons. The first-order chi connectivity index (χ1) is 18.2. The van der Waals surface area contributed by atoms with Crippen LogP contribution in [0.4, 0.5) is 0 Å². The molecule has 0 bridgehead atoms. The fourth-order valence-corrected chi connectivity index (χ4v) is 4.74. The molecule has 0 aliphatic carbocycles. The van der Waals surface area contributed by atoms with Crippen LogP contribution >= 0.6 is 23.2 Å². The number of nitrogens with one attached hydrogen (secondary N) is 1. The Morgan fingerprint density at radius 2 is 1.53 bits per heavy atom. The van der Waals surface area contributed by atoms with Gasteiger partial charge in [-0.05, 0) is 55.7 Å². The number of aryl methyl sites for hydroxylation is 1. The SMILES string of the molecule is COc1ccc(CCC(=O)N(Cc2c(Cl)cccc2Cl)C(Cc2ccccc2)C(=O)NC(C)C)cc1OC. The maximum atomic E-state index is 13.8. The van der Waals surface area contributed by atoms with E-state index in [1.807, 2.05) is 62.4 Å². The van der Waals surface area contributed by atoms with Crippen molar-refractivity contribution in [2.45, 2.75) is 51.7 Å². The first-order valence-electron chi connectivity index (χ1n) is 12.5. The van der Waals surface area contributed by atoms with Crippen molar-refractivity contribution in [2.24, 2.45) is 0 Å². The van der Waals surface area contributed by atoms with E-state index in [1.165, 1.54) is 0 Å². The molecule has 6 nitrogen and oxygen atoms in total. The van der Waals surface area contributed by atoms with Gasteiger partial charge >= 0.3 is 0 Å². The number of halogens is 2. The average Bonchev–Trinajstić information content (AvgIpc) is 2.90. The zero-order valence-corrected chi connectivity index (χ0v) is 23.7. The van der Waals surface area contributed by atoms with Gasteiger partial charge in [0.25, 0.3) is 0 Å². The number of methoxy groups -OCH3 is 2. The minimum absolute atomic E-state index is 0.0895. The standard InChI is InChI=1S/C30H34Cl2N2O4/c1-20(2)33-30(36)26(17-21-9-6-5-7-10-21)34(19-23-24(31)11-8-12-25(23)32)29(35)16-14-22-13-15-27(37-3)28(18-22)38-4/h5-13,15,18,20,26H,14,16-17,19H2,1-4H3,(H,33,36). The molecule has 3 aromatic carbocycles. The second-order valence-corrected chi connectivity index (χ2v) is 10.1. The Hall–Kier alpha value is -3.22. The van der Waals surface area contributed by atoms with Crippen molar-refractivity contribution in [2.75, 3.05) is 14.2 Å². The zero-order chi connectivity index (χ0) is 27.7. The molecule has 3 aromatic rings. The van der Waals surface area contributed by atoms with Crippen molar-refractivity contribution in [1.29, 1.82) is 0 Å². The molecule has 0 aromatic heterocycles. The lowest BCUT2D eigenvalue weighted by atomic mass is 10.0. The molecule has 202 valence electrons. The van der Waals surface area contributed by atoms with E-state index in [0.29, 0.717) is 39.9 Å². The van der Waals surface area contributed by atoms with E-state index in [-0.39, 0.29) is 30.8 Å². The smallest absolute Gasteiger partial charge is 0.243 e. The number of amides is 2. The number of hydrogen-bond donors (Lipinski definition) is 1. The molecule has 2 amide bonds. The molecule has 1 N–H and O–H groups in total. The zero-order valence-electron chi connectivity index (χ0n) is 22.2. The van der Waals surface area contributed by atoms with Crippen LogP contribution in [0.3, 0.4) is 0 Å². The van der Waals surface area contributed by atoms with Crippen molar-refractivity contribution >= 4 is 35.0 Å². The molecule has 38 heavy (non-hydrogen) atoms. The van der Waals surface area contributed by atoms with E-state index in [0.717, 1.165) is 11.1 Å². The van der Waals surface area contributed by atoms with Gasteiger partial charge in [-0.1, -0.05) is 65.7 Å². The summed E-state index contributed by atoms with van der Waals surface area (Å²) in [5, 5.41) is 3.87. The molecule has 0 spiro atoms. The van der Waals surface area contributed by atoms with Gasteiger partial charge in [0.15, 0.2) is 11.5 Å². The van der Waals surface area contributed by atoms with Gasteiger partial charge < -0.3 is 19.7 Å². The van der Waals surface area contributed by atoms with Gasteiger partial charge in [0.05, 0.1) is 14.2 Å². The summed E-state index contributed by atoms with van der Waals surface area (Å²) in [6, 6.07) is 19.6. The Balaban J connectivity index is 1.95. The van der Waals surface area contributed by atoms with E-state index < -0.39 is 6.04 Å². The van der Waals surface area contributed by atoms with E-state index in [2.05, 4.69) is 5.32 Å². The molecule has 0 heterocycles. The van der Waals surface area contributed by atoms with Crippen molar-refractivity contribution < 1.29 is 19.1 Å². The predicted molar refractivity (Wildman–Crippen MR) is 152 cm³/mol. The van der Waals surface area contributed by atoms with Crippen molar-refractivity contribution in [1.82, 2.24) is 10.2 Å². The van der Waals surface area contributed by atoms with Crippen LogP contribution in [0.5, 0.6) is 11.5 Å². The summed E-state index contributed by atoms with van der Waals surface area (Å²) in [6.07, 6.45) is 0.983. The number of nitrogens with zero attached hydrogens (tertiary/aromatic N) is 1. The van der Waals surface area contributed by atoms with Gasteiger partial charge in [0.2, 0.25) is 11.8 Å². The number of carbonyl (C=O) groups excluding carboxylic acids is 2. The second-order valence-electron chi connectivity index (χ2n) is 9.28. The second kappa shape index (κ2) is 14.1. The molecule has 8 heteroatoms. The number of rotatable bonds is 12. The highest BCUT2D eigenvalue weighted by Crippen LogP contribution is 2.30. The van der Waals surface area contributed by atoms with Gasteiger partial charge in [-0.25, -0.2) is 0 Å². The predicted octanol–water partition coefficient (Wildman–Crippen LogP) is 6.11. The van der Waals surface area contributed by atoms with Gasteiger partial charge in [0, 0.05) is 41.0 Å². The Morgan fingerprint density at radius 3 is 2.13 bits per heavy atom. The van der Waals surface area contributed by atoms with Crippen LogP contribution in [-0.2, 0) is 29.0 Å². The summed E-state index contributed by atoms with van der Waals surface area (Å²) in [6.45, 7) is 3.89. The highest BCUT2D eigenvalue weighted by atomic mass is 35.5. The monoisotopic (exact) mass is 556 g/mol. The summed E-state index contributed by atoms with van der Waals surface area (Å²) in [5.41, 5.74) is 2.46. The lowest BCUT2D eigenvalue weighted by Crippen LogP contribution is -2.51. The first kappa shape index (κ1) is 29.3. The van der Waals surface area contributed by atoms with Crippen molar-refractivity contribution in [3.63, 3.8) is 0 Å². The molecule has 0 aliphatic rings. The molecule has 0 saturated heterocycles. The molecule has 0 saturated carbocycles. The maximum Gasteiger partial charge on any atom is 0.243 e. The molecular weight excluding hydrogens is 523 g/mol. The number of ether oxygens (including phenoxy) is 2.